The van der Waals surface area contributed by atoms with E-state index < -0.39 is 17.7 Å². The molecule has 7 nitrogen and oxygen atoms in total. The molecule has 0 aromatic heterocycles. The van der Waals surface area contributed by atoms with Gasteiger partial charge in [-0.15, -0.1) is 0 Å². The monoisotopic (exact) mass is 489 g/mol. The van der Waals surface area contributed by atoms with Crippen molar-refractivity contribution in [2.24, 2.45) is 5.92 Å². The molecule has 198 valence electrons. The molecule has 0 saturated carbocycles. The minimum absolute atomic E-state index is 0.0109. The van der Waals surface area contributed by atoms with Crippen LogP contribution in [0.4, 0.5) is 4.79 Å². The van der Waals surface area contributed by atoms with Crippen molar-refractivity contribution in [2.75, 3.05) is 6.54 Å². The van der Waals surface area contributed by atoms with Crippen LogP contribution in [-0.2, 0) is 14.3 Å². The Morgan fingerprint density at radius 1 is 0.971 bits per heavy atom. The van der Waals surface area contributed by atoms with E-state index in [0.717, 1.165) is 36.8 Å². The number of carbonyl (C=O) groups excluding carboxylic acids is 3. The molecular formula is C28H47N3O4. The predicted octanol–water partition coefficient (Wildman–Crippen LogP) is 5.52. The molecule has 35 heavy (non-hydrogen) atoms. The fourth-order valence-corrected chi connectivity index (χ4v) is 3.93. The molecule has 1 aromatic rings. The first-order valence-electron chi connectivity index (χ1n) is 12.9. The fraction of sp³-hybridized carbons (Fsp3) is 0.679. The van der Waals surface area contributed by atoms with Crippen LogP contribution >= 0.6 is 0 Å². The molecule has 0 radical (unpaired) electrons. The first-order valence-corrected chi connectivity index (χ1v) is 12.9. The van der Waals surface area contributed by atoms with Crippen LogP contribution in [0.1, 0.15) is 98.2 Å². The van der Waals surface area contributed by atoms with E-state index in [1.165, 1.54) is 0 Å². The van der Waals surface area contributed by atoms with Gasteiger partial charge in [0.2, 0.25) is 11.8 Å². The van der Waals surface area contributed by atoms with Gasteiger partial charge in [-0.3, -0.25) is 9.59 Å². The van der Waals surface area contributed by atoms with Gasteiger partial charge in [0.15, 0.2) is 0 Å². The summed E-state index contributed by atoms with van der Waals surface area (Å²) in [7, 11) is 0. The average Bonchev–Trinajstić information content (AvgIpc) is 2.73. The lowest BCUT2D eigenvalue weighted by Gasteiger charge is -2.37. The molecule has 7 heteroatoms. The van der Waals surface area contributed by atoms with Gasteiger partial charge in [0.25, 0.3) is 0 Å². The number of carbonyl (C=O) groups is 3. The zero-order valence-electron chi connectivity index (χ0n) is 23.2. The Hall–Kier alpha value is -2.57. The van der Waals surface area contributed by atoms with Crippen LogP contribution in [0.3, 0.4) is 0 Å². The van der Waals surface area contributed by atoms with Crippen molar-refractivity contribution in [3.63, 3.8) is 0 Å². The van der Waals surface area contributed by atoms with Gasteiger partial charge in [0.1, 0.15) is 18.2 Å². The third kappa shape index (κ3) is 11.1. The van der Waals surface area contributed by atoms with Crippen LogP contribution in [0.2, 0.25) is 0 Å². The molecule has 0 saturated heterocycles. The highest BCUT2D eigenvalue weighted by molar-refractivity contribution is 5.90. The molecular weight excluding hydrogens is 442 g/mol. The van der Waals surface area contributed by atoms with Gasteiger partial charge in [-0.05, 0) is 72.3 Å². The van der Waals surface area contributed by atoms with Gasteiger partial charge < -0.3 is 20.3 Å². The van der Waals surface area contributed by atoms with Crippen molar-refractivity contribution < 1.29 is 19.1 Å². The van der Waals surface area contributed by atoms with E-state index in [2.05, 4.69) is 31.4 Å². The number of benzene rings is 1. The van der Waals surface area contributed by atoms with Crippen LogP contribution in [-0.4, -0.2) is 47.0 Å². The van der Waals surface area contributed by atoms with Gasteiger partial charge in [-0.2, -0.15) is 0 Å². The van der Waals surface area contributed by atoms with Crippen molar-refractivity contribution in [1.29, 1.82) is 0 Å². The molecule has 0 heterocycles. The van der Waals surface area contributed by atoms with Gasteiger partial charge in [-0.1, -0.05) is 57.0 Å². The average molecular weight is 490 g/mol. The number of hydrogen-bond acceptors (Lipinski definition) is 4. The van der Waals surface area contributed by atoms with Crippen molar-refractivity contribution in [2.45, 2.75) is 112 Å². The SMILES string of the molecule is CCCC(C)NC(=O)C(c1ccc(C)cc1)N(C(=O)CNC(=O)OC(C)(C)C)C(C)CCC(C)C. The summed E-state index contributed by atoms with van der Waals surface area (Å²) in [6, 6.07) is 6.69. The van der Waals surface area contributed by atoms with Crippen LogP contribution in [0.5, 0.6) is 0 Å². The molecule has 0 aliphatic carbocycles. The molecule has 0 aliphatic rings. The Morgan fingerprint density at radius 3 is 2.09 bits per heavy atom. The largest absolute Gasteiger partial charge is 0.444 e. The van der Waals surface area contributed by atoms with Crippen LogP contribution in [0.15, 0.2) is 24.3 Å². The van der Waals surface area contributed by atoms with Crippen LogP contribution in [0.25, 0.3) is 0 Å². The smallest absolute Gasteiger partial charge is 0.408 e. The van der Waals surface area contributed by atoms with E-state index in [9.17, 15) is 14.4 Å². The molecule has 0 bridgehead atoms. The Kier molecular flexibility index (Phi) is 12.3. The molecule has 3 unspecified atom stereocenters. The summed E-state index contributed by atoms with van der Waals surface area (Å²) in [4.78, 5) is 41.0. The first kappa shape index (κ1) is 30.5. The zero-order valence-corrected chi connectivity index (χ0v) is 23.2. The number of nitrogens with one attached hydrogen (secondary N) is 2. The molecule has 2 N–H and O–H groups in total. The van der Waals surface area contributed by atoms with Crippen molar-refractivity contribution >= 4 is 17.9 Å². The molecule has 1 aromatic carbocycles. The summed E-state index contributed by atoms with van der Waals surface area (Å²) >= 11 is 0. The van der Waals surface area contributed by atoms with Gasteiger partial charge >= 0.3 is 6.09 Å². The Morgan fingerprint density at radius 2 is 1.57 bits per heavy atom. The van der Waals surface area contributed by atoms with Crippen molar-refractivity contribution in [3.05, 3.63) is 35.4 Å². The predicted molar refractivity (Wildman–Crippen MR) is 141 cm³/mol. The maximum Gasteiger partial charge on any atom is 0.408 e. The second kappa shape index (κ2) is 14.1. The van der Waals surface area contributed by atoms with E-state index in [4.69, 9.17) is 4.74 Å². The third-order valence-corrected chi connectivity index (χ3v) is 5.74. The lowest BCUT2D eigenvalue weighted by molar-refractivity contribution is -0.143. The number of aryl methyl sites for hydroxylation is 1. The van der Waals surface area contributed by atoms with Gasteiger partial charge in [0, 0.05) is 12.1 Å². The summed E-state index contributed by atoms with van der Waals surface area (Å²) in [5.74, 6) is -0.0710. The Labute approximate surface area is 212 Å². The lowest BCUT2D eigenvalue weighted by atomic mass is 9.97. The number of rotatable bonds is 12. The molecule has 1 rings (SSSR count). The summed E-state index contributed by atoms with van der Waals surface area (Å²) < 4.78 is 5.29. The fourth-order valence-electron chi connectivity index (χ4n) is 3.93. The molecule has 3 atom stereocenters. The van der Waals surface area contributed by atoms with Crippen LogP contribution in [0, 0.1) is 12.8 Å². The molecule has 0 aliphatic heterocycles. The number of amides is 3. The maximum absolute atomic E-state index is 13.6. The lowest BCUT2D eigenvalue weighted by Crippen LogP contribution is -2.52. The van der Waals surface area contributed by atoms with Crippen molar-refractivity contribution in [1.82, 2.24) is 15.5 Å². The molecule has 0 spiro atoms. The number of alkyl carbamates (subject to hydrolysis) is 1. The third-order valence-electron chi connectivity index (χ3n) is 5.74. The number of nitrogens with zero attached hydrogens (tertiary/aromatic N) is 1. The highest BCUT2D eigenvalue weighted by Gasteiger charge is 2.35. The van der Waals surface area contributed by atoms with E-state index in [-0.39, 0.29) is 30.4 Å². The number of hydrogen-bond donors (Lipinski definition) is 2. The Balaban J connectivity index is 3.32. The second-order valence-corrected chi connectivity index (χ2v) is 11.0. The van der Waals surface area contributed by atoms with E-state index >= 15 is 0 Å². The normalized spacial score (nSPS) is 14.1. The maximum atomic E-state index is 13.6. The summed E-state index contributed by atoms with van der Waals surface area (Å²) in [6.45, 7) is 17.3. The van der Waals surface area contributed by atoms with Gasteiger partial charge in [0.05, 0.1) is 0 Å². The highest BCUT2D eigenvalue weighted by atomic mass is 16.6. The van der Waals surface area contributed by atoms with E-state index in [1.807, 2.05) is 45.0 Å². The minimum Gasteiger partial charge on any atom is -0.444 e. The summed E-state index contributed by atoms with van der Waals surface area (Å²) in [5.41, 5.74) is 1.15. The van der Waals surface area contributed by atoms with E-state index in [0.29, 0.717) is 5.92 Å². The Bertz CT molecular complexity index is 814. The standard InChI is InChI=1S/C28H47N3O4/c1-10-11-21(5)30-26(33)25(23-16-13-20(4)14-17-23)31(22(6)15-12-19(2)3)24(32)18-29-27(34)35-28(7,8)9/h13-14,16-17,19,21-22,25H,10-12,15,18H2,1-9H3,(H,29,34)(H,30,33). The topological polar surface area (TPSA) is 87.7 Å². The second-order valence-electron chi connectivity index (χ2n) is 11.0. The van der Waals surface area contributed by atoms with Gasteiger partial charge in [-0.25, -0.2) is 4.79 Å². The summed E-state index contributed by atoms with van der Waals surface area (Å²) in [5, 5.41) is 5.67. The molecule has 3 amide bonds. The van der Waals surface area contributed by atoms with E-state index in [1.54, 1.807) is 25.7 Å². The first-order chi connectivity index (χ1) is 16.2. The minimum atomic E-state index is -0.801. The highest BCUT2D eigenvalue weighted by Crippen LogP contribution is 2.27. The van der Waals surface area contributed by atoms with Crippen molar-refractivity contribution in [3.8, 4) is 0 Å². The molecule has 0 fully saturated rings. The quantitative estimate of drug-likeness (QED) is 0.405. The number of ether oxygens (including phenoxy) is 1. The zero-order chi connectivity index (χ0) is 26.8. The summed E-state index contributed by atoms with van der Waals surface area (Å²) in [6.07, 6.45) is 2.80. The van der Waals surface area contributed by atoms with Crippen LogP contribution < -0.4 is 10.6 Å².